The molecule has 0 spiro atoms. The van der Waals surface area contributed by atoms with Gasteiger partial charge in [-0.15, -0.1) is 0 Å². The van der Waals surface area contributed by atoms with E-state index in [2.05, 4.69) is 32.7 Å². The molecule has 12 heteroatoms. The average Bonchev–Trinajstić information content (AvgIpc) is 3.26. The zero-order valence-corrected chi connectivity index (χ0v) is 31.1. The summed E-state index contributed by atoms with van der Waals surface area (Å²) in [7, 11) is -7.44. The highest BCUT2D eigenvalue weighted by molar-refractivity contribution is 7.53. The Morgan fingerprint density at radius 1 is 0.980 bits per heavy atom. The number of nitrogens with zero attached hydrogens (tertiary/aromatic N) is 1. The molecular formula is C37H52N2O8P2. The van der Waals surface area contributed by atoms with Crippen LogP contribution in [0.25, 0.3) is 0 Å². The summed E-state index contributed by atoms with van der Waals surface area (Å²) in [6.07, 6.45) is 10.7. The first-order valence-electron chi connectivity index (χ1n) is 16.7. The summed E-state index contributed by atoms with van der Waals surface area (Å²) in [5, 5.41) is 12.6. The van der Waals surface area contributed by atoms with Crippen LogP contribution in [-0.4, -0.2) is 59.5 Å². The number of anilines is 2. The quantitative estimate of drug-likeness (QED) is 0.0779. The molecule has 2 aromatic rings. The molecule has 0 saturated heterocycles. The molecule has 0 fully saturated rings. The van der Waals surface area contributed by atoms with E-state index in [0.29, 0.717) is 12.8 Å². The molecule has 0 saturated carbocycles. The third kappa shape index (κ3) is 10.9. The molecule has 4 N–H and O–H groups in total. The zero-order chi connectivity index (χ0) is 36.3. The number of para-hydroxylation sites is 2. The van der Waals surface area contributed by atoms with E-state index in [1.807, 2.05) is 83.8 Å². The highest BCUT2D eigenvalue weighted by Gasteiger charge is 2.43. The van der Waals surface area contributed by atoms with Crippen molar-refractivity contribution in [2.75, 3.05) is 48.8 Å². The third-order valence-corrected chi connectivity index (χ3v) is 11.7. The van der Waals surface area contributed by atoms with E-state index in [-0.39, 0.29) is 45.0 Å². The first-order chi connectivity index (χ1) is 23.1. The number of rotatable bonds is 20. The predicted octanol–water partition coefficient (Wildman–Crippen LogP) is 8.41. The summed E-state index contributed by atoms with van der Waals surface area (Å²) >= 11 is 0. The minimum atomic E-state index is -3.79. The average molecular weight is 715 g/mol. The summed E-state index contributed by atoms with van der Waals surface area (Å²) in [6.45, 7) is 14.8. The van der Waals surface area contributed by atoms with Gasteiger partial charge in [-0.05, 0) is 68.5 Å². The molecule has 1 heterocycles. The largest absolute Gasteiger partial charge is 0.481 e. The molecule has 0 bridgehead atoms. The molecule has 3 rings (SSSR count). The van der Waals surface area contributed by atoms with Crippen molar-refractivity contribution in [2.24, 2.45) is 0 Å². The molecule has 49 heavy (non-hydrogen) atoms. The number of carbonyl (C=O) groups is 1. The van der Waals surface area contributed by atoms with Crippen molar-refractivity contribution in [3.8, 4) is 0 Å². The summed E-state index contributed by atoms with van der Waals surface area (Å²) < 4.78 is 34.9. The lowest BCUT2D eigenvalue weighted by Crippen LogP contribution is -2.30. The molecule has 0 aromatic heterocycles. The normalized spacial score (nSPS) is 19.7. The van der Waals surface area contributed by atoms with Crippen LogP contribution in [0.2, 0.25) is 0 Å². The van der Waals surface area contributed by atoms with E-state index in [1.54, 1.807) is 13.8 Å². The van der Waals surface area contributed by atoms with Gasteiger partial charge in [-0.1, -0.05) is 81.1 Å². The van der Waals surface area contributed by atoms with Crippen molar-refractivity contribution in [3.63, 3.8) is 0 Å². The fraction of sp³-hybridized carbons (Fsp3) is 0.432. The maximum Gasteiger partial charge on any atom is 0.329 e. The Kier molecular flexibility index (Phi) is 14.5. The van der Waals surface area contributed by atoms with Crippen LogP contribution in [0.4, 0.5) is 11.4 Å². The lowest BCUT2D eigenvalue weighted by Gasteiger charge is -2.30. The lowest BCUT2D eigenvalue weighted by molar-refractivity contribution is -0.137. The number of fused-ring (bicyclic) bond motifs is 1. The van der Waals surface area contributed by atoms with Crippen LogP contribution in [0.15, 0.2) is 96.8 Å². The van der Waals surface area contributed by atoms with Gasteiger partial charge in [0.25, 0.3) is 0 Å². The molecular weight excluding hydrogens is 662 g/mol. The molecule has 268 valence electrons. The van der Waals surface area contributed by atoms with Gasteiger partial charge < -0.3 is 34.2 Å². The summed E-state index contributed by atoms with van der Waals surface area (Å²) in [5.74, 6) is -0.848. The summed E-state index contributed by atoms with van der Waals surface area (Å²) in [4.78, 5) is 33.7. The Balaban J connectivity index is 1.85. The molecule has 10 nitrogen and oxygen atoms in total. The Morgan fingerprint density at radius 3 is 2.29 bits per heavy atom. The molecule has 1 aliphatic rings. The fourth-order valence-corrected chi connectivity index (χ4v) is 8.06. The van der Waals surface area contributed by atoms with E-state index in [4.69, 9.17) is 9.05 Å². The number of aliphatic carboxylic acids is 1. The number of nitrogens with one attached hydrogen (secondary N) is 1. The van der Waals surface area contributed by atoms with Gasteiger partial charge in [0.1, 0.15) is 0 Å². The van der Waals surface area contributed by atoms with Crippen LogP contribution in [-0.2, 0) is 33.8 Å². The smallest absolute Gasteiger partial charge is 0.329 e. The number of benzene rings is 2. The van der Waals surface area contributed by atoms with Gasteiger partial charge in [0, 0.05) is 47.4 Å². The zero-order valence-electron chi connectivity index (χ0n) is 29.3. The number of hydrogen-bond acceptors (Lipinski definition) is 7. The maximum atomic E-state index is 12.6. The van der Waals surface area contributed by atoms with Gasteiger partial charge in [-0.2, -0.15) is 0 Å². The first-order valence-corrected chi connectivity index (χ1v) is 20.2. The van der Waals surface area contributed by atoms with Crippen molar-refractivity contribution in [1.82, 2.24) is 0 Å². The first kappa shape index (κ1) is 40.2. The Hall–Kier alpha value is -3.23. The van der Waals surface area contributed by atoms with Crippen LogP contribution < -0.4 is 10.2 Å². The standard InChI is InChI=1S/C37H52N2O8P2/c1-7-46-48(42,43)27-25-38-32-20-14-12-18-30(32)36(4,5)29(3)17-10-9-11-22-34-37(6,24-16-23-35(40)41)31-19-13-15-21-33(31)39(34)26-28-49(44,45)47-8-2/h9-15,17-22,38H,3,7-8,16,23-28H2,1-2,4-6H3,(H,40,41)(H,42,43)(H,44,45)/b11-9+,17-10+,34-22+. The van der Waals surface area contributed by atoms with E-state index in [0.717, 1.165) is 33.8 Å². The van der Waals surface area contributed by atoms with Crippen molar-refractivity contribution in [1.29, 1.82) is 0 Å². The van der Waals surface area contributed by atoms with Gasteiger partial charge in [0.15, 0.2) is 0 Å². The molecule has 0 amide bonds. The molecule has 0 aliphatic carbocycles. The third-order valence-electron chi connectivity index (χ3n) is 8.87. The number of hydrogen-bond donors (Lipinski definition) is 4. The maximum absolute atomic E-state index is 12.6. The number of carboxylic acids is 1. The van der Waals surface area contributed by atoms with Crippen LogP contribution in [0.3, 0.4) is 0 Å². The van der Waals surface area contributed by atoms with Crippen LogP contribution in [0.1, 0.15) is 65.0 Å². The second-order valence-electron chi connectivity index (χ2n) is 12.7. The topological polar surface area (TPSA) is 146 Å². The number of carboxylic acid groups (broad SMARTS) is 1. The molecule has 0 radical (unpaired) electrons. The van der Waals surface area contributed by atoms with Gasteiger partial charge >= 0.3 is 21.2 Å². The monoisotopic (exact) mass is 714 g/mol. The summed E-state index contributed by atoms with van der Waals surface area (Å²) in [5.41, 5.74) is 4.58. The molecule has 2 aromatic carbocycles. The second kappa shape index (κ2) is 17.6. The second-order valence-corrected chi connectivity index (χ2v) is 16.7. The van der Waals surface area contributed by atoms with Crippen LogP contribution in [0, 0.1) is 0 Å². The van der Waals surface area contributed by atoms with Crippen molar-refractivity contribution >= 4 is 32.5 Å². The predicted molar refractivity (Wildman–Crippen MR) is 199 cm³/mol. The highest BCUT2D eigenvalue weighted by atomic mass is 31.2. The Morgan fingerprint density at radius 2 is 1.61 bits per heavy atom. The number of allylic oxidation sites excluding steroid dienone is 7. The van der Waals surface area contributed by atoms with Gasteiger partial charge in [0.2, 0.25) is 0 Å². The van der Waals surface area contributed by atoms with E-state index < -0.39 is 32.0 Å². The van der Waals surface area contributed by atoms with Crippen molar-refractivity contribution < 1.29 is 37.9 Å². The summed E-state index contributed by atoms with van der Waals surface area (Å²) in [6, 6.07) is 15.7. The van der Waals surface area contributed by atoms with E-state index >= 15 is 0 Å². The molecule has 3 unspecified atom stereocenters. The van der Waals surface area contributed by atoms with E-state index in [1.165, 1.54) is 0 Å². The fourth-order valence-electron chi connectivity index (χ4n) is 6.15. The van der Waals surface area contributed by atoms with Crippen molar-refractivity contribution in [2.45, 2.75) is 64.7 Å². The van der Waals surface area contributed by atoms with Crippen LogP contribution in [0.5, 0.6) is 0 Å². The molecule has 3 atom stereocenters. The SMILES string of the molecule is C=C(/C=C/C=C/C=C1/N(CCP(=O)(O)OCC)c2ccccc2C1(C)CCCC(=O)O)C(C)(C)c1ccccc1NCCP(=O)(O)OCC. The molecule has 1 aliphatic heterocycles. The van der Waals surface area contributed by atoms with E-state index in [9.17, 15) is 28.8 Å². The lowest BCUT2D eigenvalue weighted by atomic mass is 9.77. The van der Waals surface area contributed by atoms with Crippen molar-refractivity contribution in [3.05, 3.63) is 108 Å². The Bertz CT molecular complexity index is 1650. The minimum Gasteiger partial charge on any atom is -0.481 e. The highest BCUT2D eigenvalue weighted by Crippen LogP contribution is 2.52. The minimum absolute atomic E-state index is 0.0102. The van der Waals surface area contributed by atoms with Crippen LogP contribution >= 0.6 is 15.2 Å². The van der Waals surface area contributed by atoms with Gasteiger partial charge in [0.05, 0.1) is 25.5 Å². The van der Waals surface area contributed by atoms with Gasteiger partial charge in [-0.25, -0.2) is 0 Å². The Labute approximate surface area is 291 Å². The van der Waals surface area contributed by atoms with Gasteiger partial charge in [-0.3, -0.25) is 13.9 Å².